The van der Waals surface area contributed by atoms with E-state index in [0.717, 1.165) is 57.4 Å². The van der Waals surface area contributed by atoms with E-state index >= 15 is 0 Å². The van der Waals surface area contributed by atoms with Crippen molar-refractivity contribution >= 4 is 6.03 Å². The zero-order valence-corrected chi connectivity index (χ0v) is 13.5. The molecule has 0 radical (unpaired) electrons. The zero-order chi connectivity index (χ0) is 16.1. The van der Waals surface area contributed by atoms with Gasteiger partial charge < -0.3 is 20.1 Å². The molecule has 1 aromatic rings. The molecule has 1 heterocycles. The summed E-state index contributed by atoms with van der Waals surface area (Å²) >= 11 is 0. The molecule has 2 N–H and O–H groups in total. The first-order valence-corrected chi connectivity index (χ1v) is 8.66. The topological polar surface area (TPSA) is 61.8 Å². The lowest BCUT2D eigenvalue weighted by Crippen LogP contribution is -2.50. The van der Waals surface area contributed by atoms with Crippen LogP contribution in [0.1, 0.15) is 38.5 Å². The number of piperidine rings is 1. The van der Waals surface area contributed by atoms with Crippen molar-refractivity contribution in [3.63, 3.8) is 0 Å². The Morgan fingerprint density at radius 1 is 1.04 bits per heavy atom. The SMILES string of the molecule is O=C(NC1CCC(O)CC1)N1CCC(Oc2ccccc2)CC1. The summed E-state index contributed by atoms with van der Waals surface area (Å²) in [4.78, 5) is 14.2. The van der Waals surface area contributed by atoms with E-state index in [1.807, 2.05) is 35.2 Å². The highest BCUT2D eigenvalue weighted by Crippen LogP contribution is 2.21. The van der Waals surface area contributed by atoms with Crippen LogP contribution in [0.3, 0.4) is 0 Å². The maximum atomic E-state index is 12.3. The maximum absolute atomic E-state index is 12.3. The molecule has 0 unspecified atom stereocenters. The molecule has 23 heavy (non-hydrogen) atoms. The molecule has 3 rings (SSSR count). The number of carbonyl (C=O) groups is 1. The van der Waals surface area contributed by atoms with Gasteiger partial charge in [-0.1, -0.05) is 18.2 Å². The number of hydrogen-bond acceptors (Lipinski definition) is 3. The average molecular weight is 318 g/mol. The largest absolute Gasteiger partial charge is 0.490 e. The van der Waals surface area contributed by atoms with Crippen LogP contribution in [-0.4, -0.2) is 47.4 Å². The summed E-state index contributed by atoms with van der Waals surface area (Å²) in [5, 5.41) is 12.6. The fourth-order valence-corrected chi connectivity index (χ4v) is 3.35. The lowest BCUT2D eigenvalue weighted by molar-refractivity contribution is 0.100. The molecule has 0 spiro atoms. The summed E-state index contributed by atoms with van der Waals surface area (Å²) in [5.41, 5.74) is 0. The molecule has 1 aliphatic heterocycles. The van der Waals surface area contributed by atoms with Gasteiger partial charge in [-0.2, -0.15) is 0 Å². The summed E-state index contributed by atoms with van der Waals surface area (Å²) in [6, 6.07) is 10.1. The summed E-state index contributed by atoms with van der Waals surface area (Å²) in [7, 11) is 0. The van der Waals surface area contributed by atoms with Crippen molar-refractivity contribution in [3.05, 3.63) is 30.3 Å². The van der Waals surface area contributed by atoms with Gasteiger partial charge in [0.25, 0.3) is 0 Å². The van der Waals surface area contributed by atoms with Crippen LogP contribution in [0, 0.1) is 0 Å². The summed E-state index contributed by atoms with van der Waals surface area (Å²) < 4.78 is 5.96. The molecule has 126 valence electrons. The van der Waals surface area contributed by atoms with Crippen LogP contribution < -0.4 is 10.1 Å². The molecule has 1 saturated carbocycles. The molecule has 0 aromatic heterocycles. The van der Waals surface area contributed by atoms with Crippen LogP contribution in [0.5, 0.6) is 5.75 Å². The van der Waals surface area contributed by atoms with Gasteiger partial charge in [0, 0.05) is 32.0 Å². The van der Waals surface area contributed by atoms with Crippen molar-refractivity contribution in [2.45, 2.75) is 56.8 Å². The number of likely N-dealkylation sites (tertiary alicyclic amines) is 1. The third kappa shape index (κ3) is 4.61. The zero-order valence-electron chi connectivity index (χ0n) is 13.5. The number of nitrogens with zero attached hydrogens (tertiary/aromatic N) is 1. The third-order valence-electron chi connectivity index (χ3n) is 4.80. The van der Waals surface area contributed by atoms with Crippen molar-refractivity contribution in [1.82, 2.24) is 10.2 Å². The predicted octanol–water partition coefficient (Wildman–Crippen LogP) is 2.54. The van der Waals surface area contributed by atoms with Gasteiger partial charge in [0.1, 0.15) is 11.9 Å². The van der Waals surface area contributed by atoms with E-state index in [4.69, 9.17) is 4.74 Å². The number of rotatable bonds is 3. The van der Waals surface area contributed by atoms with Crippen molar-refractivity contribution < 1.29 is 14.6 Å². The van der Waals surface area contributed by atoms with E-state index in [9.17, 15) is 9.90 Å². The number of hydrogen-bond donors (Lipinski definition) is 2. The Hall–Kier alpha value is -1.75. The number of urea groups is 1. The fraction of sp³-hybridized carbons (Fsp3) is 0.611. The smallest absolute Gasteiger partial charge is 0.317 e. The van der Waals surface area contributed by atoms with Crippen molar-refractivity contribution in [3.8, 4) is 5.75 Å². The van der Waals surface area contributed by atoms with Gasteiger partial charge in [0.05, 0.1) is 6.10 Å². The van der Waals surface area contributed by atoms with E-state index in [1.54, 1.807) is 0 Å². The number of aliphatic hydroxyl groups is 1. The predicted molar refractivity (Wildman–Crippen MR) is 88.5 cm³/mol. The first kappa shape index (κ1) is 16.1. The van der Waals surface area contributed by atoms with Crippen LogP contribution in [-0.2, 0) is 0 Å². The Morgan fingerprint density at radius 2 is 1.70 bits per heavy atom. The highest BCUT2D eigenvalue weighted by molar-refractivity contribution is 5.74. The molecule has 0 atom stereocenters. The van der Waals surface area contributed by atoms with E-state index in [-0.39, 0.29) is 24.3 Å². The highest BCUT2D eigenvalue weighted by atomic mass is 16.5. The molecule has 1 saturated heterocycles. The standard InChI is InChI=1S/C18H26N2O3/c21-15-8-6-14(7-9-15)19-18(22)20-12-10-17(11-13-20)23-16-4-2-1-3-5-16/h1-5,14-15,17,21H,6-13H2,(H,19,22). The van der Waals surface area contributed by atoms with E-state index in [0.29, 0.717) is 0 Å². The second kappa shape index (κ2) is 7.68. The summed E-state index contributed by atoms with van der Waals surface area (Å²) in [6.45, 7) is 1.47. The minimum absolute atomic E-state index is 0.0320. The lowest BCUT2D eigenvalue weighted by atomic mass is 9.93. The van der Waals surface area contributed by atoms with Gasteiger partial charge in [-0.25, -0.2) is 4.79 Å². The third-order valence-corrected chi connectivity index (χ3v) is 4.80. The Morgan fingerprint density at radius 3 is 2.35 bits per heavy atom. The fourth-order valence-electron chi connectivity index (χ4n) is 3.35. The quantitative estimate of drug-likeness (QED) is 0.900. The van der Waals surface area contributed by atoms with Crippen LogP contribution >= 0.6 is 0 Å². The normalized spacial score (nSPS) is 25.9. The lowest BCUT2D eigenvalue weighted by Gasteiger charge is -2.34. The molecule has 2 fully saturated rings. The molecule has 5 heteroatoms. The van der Waals surface area contributed by atoms with Gasteiger partial charge in [-0.15, -0.1) is 0 Å². The van der Waals surface area contributed by atoms with Gasteiger partial charge in [-0.3, -0.25) is 0 Å². The number of amides is 2. The highest BCUT2D eigenvalue weighted by Gasteiger charge is 2.26. The molecular weight excluding hydrogens is 292 g/mol. The van der Waals surface area contributed by atoms with Crippen molar-refractivity contribution in [1.29, 1.82) is 0 Å². The minimum atomic E-state index is -0.186. The molecule has 1 aromatic carbocycles. The van der Waals surface area contributed by atoms with Gasteiger partial charge in [0.2, 0.25) is 0 Å². The summed E-state index contributed by atoms with van der Waals surface area (Å²) in [5.74, 6) is 0.899. The number of nitrogens with one attached hydrogen (secondary N) is 1. The van der Waals surface area contributed by atoms with E-state index in [2.05, 4.69) is 5.32 Å². The molecule has 5 nitrogen and oxygen atoms in total. The first-order valence-electron chi connectivity index (χ1n) is 8.66. The number of aliphatic hydroxyl groups excluding tert-OH is 1. The van der Waals surface area contributed by atoms with Crippen LogP contribution in [0.15, 0.2) is 30.3 Å². The number of para-hydroxylation sites is 1. The van der Waals surface area contributed by atoms with Gasteiger partial charge >= 0.3 is 6.03 Å². The second-order valence-corrected chi connectivity index (χ2v) is 6.57. The number of ether oxygens (including phenoxy) is 1. The minimum Gasteiger partial charge on any atom is -0.490 e. The monoisotopic (exact) mass is 318 g/mol. The molecule has 1 aliphatic carbocycles. The van der Waals surface area contributed by atoms with Gasteiger partial charge in [-0.05, 0) is 37.8 Å². The van der Waals surface area contributed by atoms with E-state index < -0.39 is 0 Å². The van der Waals surface area contributed by atoms with Crippen LogP contribution in [0.25, 0.3) is 0 Å². The molecular formula is C18H26N2O3. The second-order valence-electron chi connectivity index (χ2n) is 6.57. The Labute approximate surface area is 137 Å². The van der Waals surface area contributed by atoms with Crippen molar-refractivity contribution in [2.24, 2.45) is 0 Å². The molecule has 2 amide bonds. The van der Waals surface area contributed by atoms with E-state index in [1.165, 1.54) is 0 Å². The first-order chi connectivity index (χ1) is 11.2. The van der Waals surface area contributed by atoms with Crippen LogP contribution in [0.4, 0.5) is 4.79 Å². The number of carbonyl (C=O) groups excluding carboxylic acids is 1. The van der Waals surface area contributed by atoms with Crippen molar-refractivity contribution in [2.75, 3.05) is 13.1 Å². The molecule has 2 aliphatic rings. The Balaban J connectivity index is 1.40. The van der Waals surface area contributed by atoms with Gasteiger partial charge in [0.15, 0.2) is 0 Å². The Bertz CT molecular complexity index is 492. The maximum Gasteiger partial charge on any atom is 0.317 e. The summed E-state index contributed by atoms with van der Waals surface area (Å²) in [6.07, 6.45) is 5.06. The molecule has 0 bridgehead atoms. The average Bonchev–Trinajstić information content (AvgIpc) is 2.58. The van der Waals surface area contributed by atoms with Crippen LogP contribution in [0.2, 0.25) is 0 Å². The Kier molecular flexibility index (Phi) is 5.39. The number of benzene rings is 1.